The average molecular weight is 1370 g/mol. The van der Waals surface area contributed by atoms with Crippen molar-refractivity contribution in [1.82, 2.24) is 16.0 Å². The van der Waals surface area contributed by atoms with E-state index in [1.807, 2.05) is 0 Å². The van der Waals surface area contributed by atoms with Gasteiger partial charge in [0.2, 0.25) is 17.7 Å². The number of carbonyl (C=O) groups excluding carboxylic acids is 3. The standard InChI is InChI=1S/C48H79N3O40S/c1-12(57)49-23-16(61)5-48(46(75)76,88-37(23)26(64)17(62)6-52)91-40-33(71)44(85-34-21(9-55)81-41(72)31(69)30(34)68)84-22(10-56)35(40)86-42-25(51-14(3)59)36(28(66)19(7-53)82-42)87-43-32(70)39(29(67)20(8-54)83-43)90-47(45(73)74)4-15(60)24(50-13(2)58)38(89-47)27(65)18(63)11-80-92(77,78)79/h15-44,52-56,60-72H,4-11H2,1-3H3,(H,49,57)(H,50,58)(H,51,59)(H,73,74)(H,75,76)(H,77,78,79)/t15-,16-,17+,18+,19+,20+,21+,22+,23+,24+,25+,26+,27+,28-,29-,30+,31+,32+,33+,34+,35-,36+,37+,38+,39-,40+,41+,42-,43-,44-,47-,48-/m0/s1. The summed E-state index contributed by atoms with van der Waals surface area (Å²) >= 11 is 0. The number of carboxylic acid groups (broad SMARTS) is 2. The van der Waals surface area contributed by atoms with Gasteiger partial charge in [0.1, 0.15) is 134 Å². The predicted octanol–water partition coefficient (Wildman–Crippen LogP) is -15.4. The highest BCUT2D eigenvalue weighted by Crippen LogP contribution is 2.42. The lowest BCUT2D eigenvalue weighted by Crippen LogP contribution is -2.72. The lowest BCUT2D eigenvalue weighted by Gasteiger charge is -2.53. The van der Waals surface area contributed by atoms with Crippen LogP contribution in [0.4, 0.5) is 0 Å². The SMILES string of the molecule is CC(=O)N[C@H]1[C@H](O[C@@H]2[C@H](O[C@]3(C(=O)O)C[C@H](O)[C@@H](NC(C)=O)[C@H]([C@H](O)[C@H](O)CO)O3)[C@@H](O)[C@H](O[C@H]3[C@H](O)[C@@H](O)[C@H](O)O[C@@H]3CO)O[C@@H]2CO)O[C@H](CO)[C@H](O)[C@@H]1O[C@@H]1O[C@H](CO)[C@H](O)[C@H](O[C@]2(C(=O)O)C[C@H](O)[C@@H](NC(C)=O)[C@H]([C@H](O)[C@H](O)COS(=O)(=O)O)O2)[C@H]1O. The Morgan fingerprint density at radius 1 is 0.489 bits per heavy atom. The van der Waals surface area contributed by atoms with Crippen LogP contribution in [0.25, 0.3) is 0 Å². The molecule has 0 unspecified atom stereocenters. The minimum absolute atomic E-state index is 0.837. The minimum atomic E-state index is -5.32. The van der Waals surface area contributed by atoms with Gasteiger partial charge >= 0.3 is 22.3 Å². The number of aliphatic hydroxyl groups excluding tert-OH is 18. The second-order valence-electron chi connectivity index (χ2n) is 22.3. The number of aliphatic hydroxyl groups is 18. The van der Waals surface area contributed by atoms with Gasteiger partial charge in [-0.1, -0.05) is 0 Å². The Kier molecular flexibility index (Phi) is 26.8. The highest BCUT2D eigenvalue weighted by molar-refractivity contribution is 7.80. The lowest BCUT2D eigenvalue weighted by atomic mass is 9.88. The number of ether oxygens (including phenoxy) is 11. The van der Waals surface area contributed by atoms with Crippen molar-refractivity contribution in [3.8, 4) is 0 Å². The lowest BCUT2D eigenvalue weighted by molar-refractivity contribution is -0.404. The number of rotatable bonds is 27. The van der Waals surface area contributed by atoms with Crippen LogP contribution in [0.5, 0.6) is 0 Å². The summed E-state index contributed by atoms with van der Waals surface area (Å²) in [5, 5.41) is 226. The second-order valence-corrected chi connectivity index (χ2v) is 23.4. The molecule has 0 spiro atoms. The number of hydrogen-bond acceptors (Lipinski definition) is 37. The Bertz CT molecular complexity index is 2590. The van der Waals surface area contributed by atoms with Crippen LogP contribution in [0.3, 0.4) is 0 Å². The van der Waals surface area contributed by atoms with E-state index in [2.05, 4.69) is 20.1 Å². The zero-order valence-corrected chi connectivity index (χ0v) is 49.4. The van der Waals surface area contributed by atoms with Gasteiger partial charge in [-0.15, -0.1) is 0 Å². The van der Waals surface area contributed by atoms with Gasteiger partial charge in [0.15, 0.2) is 25.2 Å². The molecule has 6 fully saturated rings. The van der Waals surface area contributed by atoms with Crippen LogP contribution in [0, 0.1) is 0 Å². The maximum absolute atomic E-state index is 13.6. The summed E-state index contributed by atoms with van der Waals surface area (Å²) in [5.41, 5.74) is 0. The molecule has 3 amide bonds. The van der Waals surface area contributed by atoms with Crippen molar-refractivity contribution >= 4 is 40.1 Å². The van der Waals surface area contributed by atoms with Crippen molar-refractivity contribution in [2.75, 3.05) is 39.6 Å². The molecule has 0 aliphatic carbocycles. The van der Waals surface area contributed by atoms with Crippen LogP contribution in [-0.2, 0) is 90.7 Å². The Morgan fingerprint density at radius 3 is 1.33 bits per heavy atom. The smallest absolute Gasteiger partial charge is 0.397 e. The van der Waals surface area contributed by atoms with E-state index in [4.69, 9.17) is 56.7 Å². The monoisotopic (exact) mass is 1370 g/mol. The fourth-order valence-corrected chi connectivity index (χ4v) is 11.6. The van der Waals surface area contributed by atoms with Gasteiger partial charge in [0.05, 0.1) is 63.9 Å². The maximum Gasteiger partial charge on any atom is 0.397 e. The quantitative estimate of drug-likeness (QED) is 0.0340. The van der Waals surface area contributed by atoms with Crippen LogP contribution >= 0.6 is 0 Å². The van der Waals surface area contributed by atoms with Crippen molar-refractivity contribution in [3.63, 3.8) is 0 Å². The molecule has 44 heteroatoms. The molecule has 24 N–H and O–H groups in total. The largest absolute Gasteiger partial charge is 0.477 e. The van der Waals surface area contributed by atoms with E-state index in [1.165, 1.54) is 0 Å². The van der Waals surface area contributed by atoms with Gasteiger partial charge in [-0.3, -0.25) is 18.9 Å². The van der Waals surface area contributed by atoms with Crippen LogP contribution in [-0.4, -0.2) is 380 Å². The van der Waals surface area contributed by atoms with Crippen molar-refractivity contribution in [2.24, 2.45) is 0 Å². The third-order valence-corrected chi connectivity index (χ3v) is 16.2. The summed E-state index contributed by atoms with van der Waals surface area (Å²) in [7, 11) is -5.32. The Hall–Kier alpha value is -3.94. The van der Waals surface area contributed by atoms with E-state index in [-0.39, 0.29) is 0 Å². The highest BCUT2D eigenvalue weighted by atomic mass is 32.3. The first-order chi connectivity index (χ1) is 42.9. The van der Waals surface area contributed by atoms with Crippen LogP contribution in [0.15, 0.2) is 0 Å². The fourth-order valence-electron chi connectivity index (χ4n) is 11.3. The number of carboxylic acids is 2. The number of nitrogens with one attached hydrogen (secondary N) is 3. The molecule has 6 saturated heterocycles. The molecule has 32 atom stereocenters. The molecular weight excluding hydrogens is 1290 g/mol. The van der Waals surface area contributed by atoms with Crippen molar-refractivity contribution in [2.45, 2.75) is 229 Å². The van der Waals surface area contributed by atoms with E-state index in [1.54, 1.807) is 0 Å². The molecule has 6 heterocycles. The fraction of sp³-hybridized carbons (Fsp3) is 0.896. The number of amides is 3. The molecule has 0 saturated carbocycles. The van der Waals surface area contributed by atoms with E-state index in [0.717, 1.165) is 20.8 Å². The number of carbonyl (C=O) groups is 5. The number of hydrogen-bond donors (Lipinski definition) is 24. The first-order valence-electron chi connectivity index (χ1n) is 28.0. The molecular formula is C48H79N3O40S. The highest BCUT2D eigenvalue weighted by Gasteiger charge is 2.64. The maximum atomic E-state index is 13.6. The first-order valence-corrected chi connectivity index (χ1v) is 29.4. The minimum Gasteiger partial charge on any atom is -0.477 e. The van der Waals surface area contributed by atoms with E-state index >= 15 is 0 Å². The topological polar surface area (TPSA) is 691 Å². The molecule has 0 bridgehead atoms. The molecule has 92 heavy (non-hydrogen) atoms. The second kappa shape index (κ2) is 32.0. The molecule has 0 aromatic heterocycles. The van der Waals surface area contributed by atoms with Gasteiger partial charge in [-0.25, -0.2) is 13.8 Å². The van der Waals surface area contributed by atoms with Gasteiger partial charge in [0.25, 0.3) is 11.6 Å². The summed E-state index contributed by atoms with van der Waals surface area (Å²) in [6.07, 6.45) is -65.1. The Balaban J connectivity index is 1.41. The normalized spacial score (nSPS) is 43.4. The molecule has 43 nitrogen and oxygen atoms in total. The molecule has 6 rings (SSSR count). The van der Waals surface area contributed by atoms with Crippen molar-refractivity contribution in [1.29, 1.82) is 0 Å². The Morgan fingerprint density at radius 2 is 0.880 bits per heavy atom. The van der Waals surface area contributed by atoms with Gasteiger partial charge in [-0.05, 0) is 0 Å². The van der Waals surface area contributed by atoms with Crippen LogP contribution < -0.4 is 16.0 Å². The van der Waals surface area contributed by atoms with Gasteiger partial charge < -0.3 is 170 Å². The van der Waals surface area contributed by atoms with Gasteiger partial charge in [-0.2, -0.15) is 8.42 Å². The van der Waals surface area contributed by atoms with Crippen LogP contribution in [0.1, 0.15) is 33.6 Å². The van der Waals surface area contributed by atoms with Crippen LogP contribution in [0.2, 0.25) is 0 Å². The van der Waals surface area contributed by atoms with Crippen molar-refractivity contribution < 1.29 is 195 Å². The summed E-state index contributed by atoms with van der Waals surface area (Å²) in [5.74, 6) is -14.4. The van der Waals surface area contributed by atoms with E-state index in [0.29, 0.717) is 0 Å². The Labute approximate surface area is 518 Å². The summed E-state index contributed by atoms with van der Waals surface area (Å²) in [4.78, 5) is 64.7. The molecule has 6 aliphatic heterocycles. The zero-order valence-electron chi connectivity index (χ0n) is 48.5. The van der Waals surface area contributed by atoms with Gasteiger partial charge in [0, 0.05) is 33.6 Å². The molecule has 0 aromatic carbocycles. The summed E-state index contributed by atoms with van der Waals surface area (Å²) in [6.45, 7) is -5.10. The predicted molar refractivity (Wildman–Crippen MR) is 279 cm³/mol. The third-order valence-electron chi connectivity index (χ3n) is 15.8. The summed E-state index contributed by atoms with van der Waals surface area (Å²) in [6, 6.07) is -5.90. The van der Waals surface area contributed by atoms with Crippen molar-refractivity contribution in [3.05, 3.63) is 0 Å². The number of aliphatic carboxylic acids is 2. The molecule has 0 radical (unpaired) electrons. The molecule has 0 aromatic rings. The summed E-state index contributed by atoms with van der Waals surface area (Å²) < 4.78 is 99.3. The zero-order chi connectivity index (χ0) is 69.0. The molecule has 6 aliphatic rings. The average Bonchev–Trinajstić information content (AvgIpc) is 0.759. The molecule has 532 valence electrons. The van der Waals surface area contributed by atoms with E-state index in [9.17, 15) is 135 Å². The first kappa shape index (κ1) is 77.1. The third kappa shape index (κ3) is 17.2. The van der Waals surface area contributed by atoms with E-state index < -0.39 is 288 Å².